The first-order valence-corrected chi connectivity index (χ1v) is 10.1. The van der Waals surface area contributed by atoms with Crippen molar-refractivity contribution in [3.63, 3.8) is 0 Å². The molecule has 3 aromatic rings. The highest BCUT2D eigenvalue weighted by molar-refractivity contribution is 7.17. The van der Waals surface area contributed by atoms with Crippen LogP contribution in [0.2, 0.25) is 5.02 Å². The van der Waals surface area contributed by atoms with Crippen LogP contribution < -0.4 is 10.9 Å². The van der Waals surface area contributed by atoms with Crippen LogP contribution in [0.4, 0.5) is 5.00 Å². The third-order valence-corrected chi connectivity index (χ3v) is 6.04. The van der Waals surface area contributed by atoms with Gasteiger partial charge in [-0.3, -0.25) is 10.2 Å². The second kappa shape index (κ2) is 7.41. The van der Waals surface area contributed by atoms with Gasteiger partial charge in [0.05, 0.1) is 12.2 Å². The molecule has 0 aliphatic heterocycles. The van der Waals surface area contributed by atoms with Crippen molar-refractivity contribution in [3.8, 4) is 0 Å². The molecule has 2 heterocycles. The third kappa shape index (κ3) is 3.31. The maximum atomic E-state index is 12.9. The zero-order valence-corrected chi connectivity index (χ0v) is 16.6. The van der Waals surface area contributed by atoms with E-state index in [2.05, 4.69) is 5.32 Å². The van der Waals surface area contributed by atoms with Crippen molar-refractivity contribution in [3.05, 3.63) is 56.4 Å². The van der Waals surface area contributed by atoms with E-state index < -0.39 is 11.9 Å². The number of hydrogen-bond acceptors (Lipinski definition) is 6. The molecule has 1 amide bonds. The van der Waals surface area contributed by atoms with Gasteiger partial charge in [-0.2, -0.15) is 0 Å². The molecule has 8 heteroatoms. The van der Waals surface area contributed by atoms with E-state index in [1.165, 1.54) is 11.3 Å². The largest absolute Gasteiger partial charge is 0.462 e. The molecule has 0 saturated heterocycles. The molecule has 0 spiro atoms. The fourth-order valence-electron chi connectivity index (χ4n) is 3.36. The van der Waals surface area contributed by atoms with E-state index in [-0.39, 0.29) is 17.7 Å². The van der Waals surface area contributed by atoms with E-state index in [9.17, 15) is 9.59 Å². The maximum absolute atomic E-state index is 12.9. The summed E-state index contributed by atoms with van der Waals surface area (Å²) in [4.78, 5) is 26.4. The minimum absolute atomic E-state index is 0.0677. The van der Waals surface area contributed by atoms with Gasteiger partial charge in [0.2, 0.25) is 5.55 Å². The number of carbonyl (C=O) groups is 2. The van der Waals surface area contributed by atoms with E-state index in [1.807, 2.05) is 0 Å². The molecular formula is C20H17ClN2O4S. The summed E-state index contributed by atoms with van der Waals surface area (Å²) in [5, 5.41) is 12.4. The van der Waals surface area contributed by atoms with Crippen molar-refractivity contribution >= 4 is 50.8 Å². The van der Waals surface area contributed by atoms with Gasteiger partial charge >= 0.3 is 5.97 Å². The van der Waals surface area contributed by atoms with Crippen LogP contribution in [0.25, 0.3) is 11.0 Å². The van der Waals surface area contributed by atoms with Gasteiger partial charge in [-0.15, -0.1) is 11.3 Å². The SMILES string of the molecule is CCOC(=O)c1c(NC(=O)c2cc3cc(Cl)ccc3oc2=N)sc2c1CCC2. The Bertz CT molecular complexity index is 1160. The lowest BCUT2D eigenvalue weighted by Gasteiger charge is -2.08. The quantitative estimate of drug-likeness (QED) is 0.610. The number of fused-ring (bicyclic) bond motifs is 2. The number of nitrogens with one attached hydrogen (secondary N) is 2. The van der Waals surface area contributed by atoms with Gasteiger partial charge in [0.15, 0.2) is 0 Å². The summed E-state index contributed by atoms with van der Waals surface area (Å²) >= 11 is 7.40. The number of anilines is 1. The first-order chi connectivity index (χ1) is 13.5. The summed E-state index contributed by atoms with van der Waals surface area (Å²) in [5.41, 5.74) is 1.67. The van der Waals surface area contributed by atoms with Gasteiger partial charge < -0.3 is 14.5 Å². The Morgan fingerprint density at radius 2 is 2.14 bits per heavy atom. The number of aryl methyl sites for hydroxylation is 1. The lowest BCUT2D eigenvalue weighted by Crippen LogP contribution is -2.21. The number of ether oxygens (including phenoxy) is 1. The number of thiophene rings is 1. The molecule has 1 aliphatic carbocycles. The Labute approximate surface area is 169 Å². The van der Waals surface area contributed by atoms with E-state index in [1.54, 1.807) is 31.2 Å². The summed E-state index contributed by atoms with van der Waals surface area (Å²) in [6.45, 7) is 2.01. The average Bonchev–Trinajstić information content (AvgIpc) is 3.22. The Morgan fingerprint density at radius 3 is 2.93 bits per heavy atom. The Morgan fingerprint density at radius 1 is 1.32 bits per heavy atom. The smallest absolute Gasteiger partial charge is 0.341 e. The van der Waals surface area contributed by atoms with Crippen LogP contribution in [0.5, 0.6) is 0 Å². The van der Waals surface area contributed by atoms with Gasteiger partial charge in [-0.1, -0.05) is 11.6 Å². The van der Waals surface area contributed by atoms with Crippen LogP contribution in [-0.4, -0.2) is 18.5 Å². The zero-order valence-electron chi connectivity index (χ0n) is 15.1. The monoisotopic (exact) mass is 416 g/mol. The molecule has 1 aliphatic rings. The predicted molar refractivity (Wildman–Crippen MR) is 107 cm³/mol. The van der Waals surface area contributed by atoms with Crippen LogP contribution in [0.3, 0.4) is 0 Å². The highest BCUT2D eigenvalue weighted by Crippen LogP contribution is 2.39. The minimum atomic E-state index is -0.513. The summed E-state index contributed by atoms with van der Waals surface area (Å²) in [5.74, 6) is -0.945. The molecule has 0 unspecified atom stereocenters. The van der Waals surface area contributed by atoms with Crippen molar-refractivity contribution in [2.75, 3.05) is 11.9 Å². The second-order valence-corrected chi connectivity index (χ2v) is 7.95. The molecule has 144 valence electrons. The molecular weight excluding hydrogens is 400 g/mol. The number of carbonyl (C=O) groups excluding carboxylic acids is 2. The van der Waals surface area contributed by atoms with E-state index in [4.69, 9.17) is 26.2 Å². The molecule has 2 aromatic heterocycles. The third-order valence-electron chi connectivity index (χ3n) is 4.60. The first kappa shape index (κ1) is 18.7. The van der Waals surface area contributed by atoms with Crippen LogP contribution in [-0.2, 0) is 17.6 Å². The van der Waals surface area contributed by atoms with Crippen molar-refractivity contribution in [2.45, 2.75) is 26.2 Å². The average molecular weight is 417 g/mol. The van der Waals surface area contributed by atoms with Gasteiger partial charge in [0, 0.05) is 15.3 Å². The summed E-state index contributed by atoms with van der Waals surface area (Å²) in [6.07, 6.45) is 2.67. The Hall–Kier alpha value is -2.64. The number of hydrogen-bond donors (Lipinski definition) is 2. The molecule has 2 N–H and O–H groups in total. The maximum Gasteiger partial charge on any atom is 0.341 e. The fourth-order valence-corrected chi connectivity index (χ4v) is 4.81. The molecule has 0 atom stereocenters. The Balaban J connectivity index is 1.71. The molecule has 1 aromatic carbocycles. The van der Waals surface area contributed by atoms with Crippen molar-refractivity contribution < 1.29 is 18.7 Å². The van der Waals surface area contributed by atoms with Gasteiger partial charge in [0.25, 0.3) is 5.91 Å². The van der Waals surface area contributed by atoms with Gasteiger partial charge in [0.1, 0.15) is 16.1 Å². The summed E-state index contributed by atoms with van der Waals surface area (Å²) in [7, 11) is 0. The Kier molecular flexibility index (Phi) is 4.95. The molecule has 0 radical (unpaired) electrons. The van der Waals surface area contributed by atoms with Crippen molar-refractivity contribution in [1.29, 1.82) is 5.41 Å². The second-order valence-electron chi connectivity index (χ2n) is 6.41. The predicted octanol–water partition coefficient (Wildman–Crippen LogP) is 4.54. The summed E-state index contributed by atoms with van der Waals surface area (Å²) < 4.78 is 10.6. The molecule has 6 nitrogen and oxygen atoms in total. The number of rotatable bonds is 4. The summed E-state index contributed by atoms with van der Waals surface area (Å²) in [6, 6.07) is 6.54. The standard InChI is InChI=1S/C20H17ClN2O4S/c1-2-26-20(25)16-12-4-3-5-15(12)28-19(16)23-18(24)13-9-10-8-11(21)6-7-14(10)27-17(13)22/h6-9,22H,2-5H2,1H3,(H,23,24). The van der Waals surface area contributed by atoms with Crippen LogP contribution in [0.1, 0.15) is 44.5 Å². The lowest BCUT2D eigenvalue weighted by molar-refractivity contribution is 0.0527. The number of esters is 1. The van der Waals surface area contributed by atoms with E-state index in [0.717, 1.165) is 29.7 Å². The first-order valence-electron chi connectivity index (χ1n) is 8.89. The van der Waals surface area contributed by atoms with E-state index in [0.29, 0.717) is 26.6 Å². The van der Waals surface area contributed by atoms with Gasteiger partial charge in [-0.25, -0.2) is 4.79 Å². The molecule has 4 rings (SSSR count). The molecule has 28 heavy (non-hydrogen) atoms. The van der Waals surface area contributed by atoms with Crippen molar-refractivity contribution in [2.24, 2.45) is 0 Å². The van der Waals surface area contributed by atoms with E-state index >= 15 is 0 Å². The number of halogens is 1. The van der Waals surface area contributed by atoms with Crippen LogP contribution >= 0.6 is 22.9 Å². The minimum Gasteiger partial charge on any atom is -0.462 e. The topological polar surface area (TPSA) is 92.4 Å². The molecule has 0 fully saturated rings. The molecule has 0 bridgehead atoms. The normalized spacial score (nSPS) is 12.8. The number of amides is 1. The fraction of sp³-hybridized carbons (Fsp3) is 0.250. The highest BCUT2D eigenvalue weighted by Gasteiger charge is 2.28. The number of benzene rings is 1. The van der Waals surface area contributed by atoms with Crippen LogP contribution in [0.15, 0.2) is 28.7 Å². The molecule has 0 saturated carbocycles. The van der Waals surface area contributed by atoms with Crippen molar-refractivity contribution in [1.82, 2.24) is 0 Å². The van der Waals surface area contributed by atoms with Gasteiger partial charge in [-0.05, 0) is 56.0 Å². The zero-order chi connectivity index (χ0) is 19.8. The lowest BCUT2D eigenvalue weighted by atomic mass is 10.1. The highest BCUT2D eigenvalue weighted by atomic mass is 35.5. The van der Waals surface area contributed by atoms with Crippen LogP contribution in [0, 0.1) is 5.41 Å².